The molecule has 0 aliphatic carbocycles. The van der Waals surface area contributed by atoms with Gasteiger partial charge < -0.3 is 4.90 Å². The van der Waals surface area contributed by atoms with Crippen LogP contribution in [0.4, 0.5) is 0 Å². The standard InChI is InChI=1S/C9H18N2O2S/c1-3-5-8-14(12,13)11-7-6-10(4-2)9-11/h6-7H,3-5,8-9H2,1-2H3. The molecule has 1 aliphatic heterocycles. The average Bonchev–Trinajstić information content (AvgIpc) is 2.63. The van der Waals surface area contributed by atoms with Gasteiger partial charge in [-0.15, -0.1) is 0 Å². The zero-order chi connectivity index (χ0) is 10.6. The van der Waals surface area contributed by atoms with Crippen LogP contribution in [-0.2, 0) is 10.0 Å². The van der Waals surface area contributed by atoms with Crippen molar-refractivity contribution in [1.29, 1.82) is 0 Å². The molecule has 0 aromatic heterocycles. The zero-order valence-corrected chi connectivity index (χ0v) is 9.63. The van der Waals surface area contributed by atoms with E-state index in [1.165, 1.54) is 4.31 Å². The lowest BCUT2D eigenvalue weighted by Gasteiger charge is -2.19. The lowest BCUT2D eigenvalue weighted by atomic mass is 10.4. The Bertz CT molecular complexity index is 298. The second-order valence-corrected chi connectivity index (χ2v) is 5.44. The maximum atomic E-state index is 11.7. The van der Waals surface area contributed by atoms with E-state index < -0.39 is 10.0 Å². The Morgan fingerprint density at radius 3 is 2.50 bits per heavy atom. The van der Waals surface area contributed by atoms with E-state index >= 15 is 0 Å². The maximum Gasteiger partial charge on any atom is 0.236 e. The lowest BCUT2D eigenvalue weighted by Crippen LogP contribution is -2.32. The largest absolute Gasteiger partial charge is 0.358 e. The number of rotatable bonds is 5. The van der Waals surface area contributed by atoms with Gasteiger partial charge in [-0.3, -0.25) is 4.31 Å². The summed E-state index contributed by atoms with van der Waals surface area (Å²) >= 11 is 0. The van der Waals surface area contributed by atoms with Gasteiger partial charge in [-0.25, -0.2) is 8.42 Å². The summed E-state index contributed by atoms with van der Waals surface area (Å²) in [5.41, 5.74) is 0. The smallest absolute Gasteiger partial charge is 0.236 e. The van der Waals surface area contributed by atoms with E-state index in [9.17, 15) is 8.42 Å². The van der Waals surface area contributed by atoms with Crippen LogP contribution >= 0.6 is 0 Å². The van der Waals surface area contributed by atoms with Crippen molar-refractivity contribution in [3.05, 3.63) is 12.4 Å². The number of nitrogens with zero attached hydrogens (tertiary/aromatic N) is 2. The molecule has 1 rings (SSSR count). The van der Waals surface area contributed by atoms with E-state index in [4.69, 9.17) is 0 Å². The Morgan fingerprint density at radius 1 is 1.29 bits per heavy atom. The van der Waals surface area contributed by atoms with Crippen LogP contribution in [-0.4, -0.2) is 36.6 Å². The molecular weight excluding hydrogens is 200 g/mol. The highest BCUT2D eigenvalue weighted by Crippen LogP contribution is 2.12. The Labute approximate surface area is 86.2 Å². The molecule has 0 radical (unpaired) electrons. The minimum Gasteiger partial charge on any atom is -0.358 e. The molecule has 0 unspecified atom stereocenters. The van der Waals surface area contributed by atoms with Crippen molar-refractivity contribution in [3.63, 3.8) is 0 Å². The average molecular weight is 218 g/mol. The summed E-state index contributed by atoms with van der Waals surface area (Å²) in [6, 6.07) is 0. The third-order valence-corrected chi connectivity index (χ3v) is 4.04. The van der Waals surface area contributed by atoms with Gasteiger partial charge in [-0.2, -0.15) is 0 Å². The van der Waals surface area contributed by atoms with Crippen molar-refractivity contribution in [2.45, 2.75) is 26.7 Å². The molecular formula is C9H18N2O2S. The van der Waals surface area contributed by atoms with Gasteiger partial charge in [0.1, 0.15) is 6.67 Å². The van der Waals surface area contributed by atoms with Gasteiger partial charge in [0.15, 0.2) is 0 Å². The third-order valence-electron chi connectivity index (χ3n) is 2.28. The molecule has 0 amide bonds. The first kappa shape index (κ1) is 11.4. The molecule has 0 saturated carbocycles. The number of hydrogen-bond acceptors (Lipinski definition) is 3. The summed E-state index contributed by atoms with van der Waals surface area (Å²) in [6.45, 7) is 5.32. The van der Waals surface area contributed by atoms with Gasteiger partial charge in [0.05, 0.1) is 5.75 Å². The summed E-state index contributed by atoms with van der Waals surface area (Å²) in [4.78, 5) is 1.96. The minimum atomic E-state index is -3.06. The van der Waals surface area contributed by atoms with E-state index in [1.807, 2.05) is 24.9 Å². The first-order valence-electron chi connectivity index (χ1n) is 5.02. The van der Waals surface area contributed by atoms with Crippen LogP contribution in [0.1, 0.15) is 26.7 Å². The van der Waals surface area contributed by atoms with Crippen LogP contribution in [0.3, 0.4) is 0 Å². The van der Waals surface area contributed by atoms with Gasteiger partial charge in [0.25, 0.3) is 0 Å². The van der Waals surface area contributed by atoms with Crippen LogP contribution in [0, 0.1) is 0 Å². The Balaban J connectivity index is 2.54. The molecule has 0 aromatic rings. The fourth-order valence-electron chi connectivity index (χ4n) is 1.27. The molecule has 14 heavy (non-hydrogen) atoms. The maximum absolute atomic E-state index is 11.7. The normalized spacial score (nSPS) is 16.7. The number of hydrogen-bond donors (Lipinski definition) is 0. The molecule has 0 saturated heterocycles. The van der Waals surface area contributed by atoms with Gasteiger partial charge in [-0.1, -0.05) is 13.3 Å². The molecule has 0 atom stereocenters. The second kappa shape index (κ2) is 4.68. The van der Waals surface area contributed by atoms with E-state index in [0.29, 0.717) is 6.67 Å². The first-order valence-corrected chi connectivity index (χ1v) is 6.63. The quantitative estimate of drug-likeness (QED) is 0.696. The predicted octanol–water partition coefficient (Wildman–Crippen LogP) is 1.18. The molecule has 1 heterocycles. The van der Waals surface area contributed by atoms with Crippen LogP contribution < -0.4 is 0 Å². The molecule has 0 N–H and O–H groups in total. The molecule has 0 fully saturated rings. The fourth-order valence-corrected chi connectivity index (χ4v) is 2.72. The summed E-state index contributed by atoms with van der Waals surface area (Å²) in [7, 11) is -3.06. The van der Waals surface area contributed by atoms with E-state index in [-0.39, 0.29) is 5.75 Å². The van der Waals surface area contributed by atoms with E-state index in [1.54, 1.807) is 6.20 Å². The lowest BCUT2D eigenvalue weighted by molar-refractivity contribution is 0.347. The third kappa shape index (κ3) is 2.64. The topological polar surface area (TPSA) is 40.6 Å². The van der Waals surface area contributed by atoms with Crippen LogP contribution in [0.2, 0.25) is 0 Å². The zero-order valence-electron chi connectivity index (χ0n) is 8.81. The number of sulfonamides is 1. The minimum absolute atomic E-state index is 0.255. The molecule has 4 nitrogen and oxygen atoms in total. The Kier molecular flexibility index (Phi) is 3.80. The molecule has 0 bridgehead atoms. The first-order chi connectivity index (χ1) is 6.60. The Morgan fingerprint density at radius 2 is 2.00 bits per heavy atom. The van der Waals surface area contributed by atoms with Crippen molar-refractivity contribution >= 4 is 10.0 Å². The SMILES string of the molecule is CCCCS(=O)(=O)N1C=CN(CC)C1. The Hall–Kier alpha value is -0.710. The van der Waals surface area contributed by atoms with E-state index in [0.717, 1.165) is 19.4 Å². The van der Waals surface area contributed by atoms with Crippen molar-refractivity contribution in [1.82, 2.24) is 9.21 Å². The molecule has 1 aliphatic rings. The summed E-state index contributed by atoms with van der Waals surface area (Å²) < 4.78 is 24.8. The molecule has 0 aromatic carbocycles. The monoisotopic (exact) mass is 218 g/mol. The van der Waals surface area contributed by atoms with Crippen molar-refractivity contribution in [2.75, 3.05) is 19.0 Å². The molecule has 0 spiro atoms. The van der Waals surface area contributed by atoms with Crippen LogP contribution in [0.5, 0.6) is 0 Å². The summed E-state index contributed by atoms with van der Waals surface area (Å²) in [5, 5.41) is 0. The highest BCUT2D eigenvalue weighted by Gasteiger charge is 2.22. The highest BCUT2D eigenvalue weighted by molar-refractivity contribution is 7.89. The molecule has 5 heteroatoms. The van der Waals surface area contributed by atoms with Crippen LogP contribution in [0.15, 0.2) is 12.4 Å². The van der Waals surface area contributed by atoms with Gasteiger partial charge in [-0.05, 0) is 13.3 Å². The summed E-state index contributed by atoms with van der Waals surface area (Å²) in [6.07, 6.45) is 5.12. The number of unbranched alkanes of at least 4 members (excludes halogenated alkanes) is 1. The highest BCUT2D eigenvalue weighted by atomic mass is 32.2. The second-order valence-electron chi connectivity index (χ2n) is 3.40. The van der Waals surface area contributed by atoms with Crippen molar-refractivity contribution < 1.29 is 8.42 Å². The molecule has 82 valence electrons. The fraction of sp³-hybridized carbons (Fsp3) is 0.778. The predicted molar refractivity (Wildman–Crippen MR) is 56.9 cm³/mol. The van der Waals surface area contributed by atoms with Crippen molar-refractivity contribution in [3.8, 4) is 0 Å². The van der Waals surface area contributed by atoms with Crippen molar-refractivity contribution in [2.24, 2.45) is 0 Å². The van der Waals surface area contributed by atoms with Crippen LogP contribution in [0.25, 0.3) is 0 Å². The van der Waals surface area contributed by atoms with E-state index in [2.05, 4.69) is 0 Å². The van der Waals surface area contributed by atoms with Gasteiger partial charge in [0.2, 0.25) is 10.0 Å². The van der Waals surface area contributed by atoms with Gasteiger partial charge >= 0.3 is 0 Å². The summed E-state index contributed by atoms with van der Waals surface area (Å²) in [5.74, 6) is 0.255. The van der Waals surface area contributed by atoms with Gasteiger partial charge in [0, 0.05) is 18.9 Å².